The molecule has 0 aliphatic rings. The van der Waals surface area contributed by atoms with Gasteiger partial charge in [-0.3, -0.25) is 4.79 Å². The number of methoxy groups -OCH3 is 1. The van der Waals surface area contributed by atoms with Crippen LogP contribution in [0.5, 0.6) is 0 Å². The molecule has 0 saturated carbocycles. The van der Waals surface area contributed by atoms with E-state index in [-0.39, 0.29) is 11.9 Å². The zero-order chi connectivity index (χ0) is 12.8. The molecule has 1 rings (SSSR count). The number of hydrogen-bond acceptors (Lipinski definition) is 2. The number of aryl methyl sites for hydroxylation is 1. The molecule has 0 spiro atoms. The molecule has 0 radical (unpaired) electrons. The van der Waals surface area contributed by atoms with Crippen LogP contribution >= 0.6 is 31.9 Å². The maximum absolute atomic E-state index is 12.0. The van der Waals surface area contributed by atoms with Gasteiger partial charge >= 0.3 is 0 Å². The van der Waals surface area contributed by atoms with Crippen molar-refractivity contribution in [2.75, 3.05) is 19.0 Å². The van der Waals surface area contributed by atoms with E-state index in [0.717, 1.165) is 10.0 Å². The molecule has 1 unspecified atom stereocenters. The molecule has 0 aliphatic carbocycles. The van der Waals surface area contributed by atoms with Gasteiger partial charge in [-0.05, 0) is 30.7 Å². The van der Waals surface area contributed by atoms with Crippen LogP contribution in [0.3, 0.4) is 0 Å². The molecule has 1 N–H and O–H groups in total. The van der Waals surface area contributed by atoms with Gasteiger partial charge in [0.15, 0.2) is 0 Å². The van der Waals surface area contributed by atoms with Gasteiger partial charge in [0.05, 0.1) is 12.6 Å². The van der Waals surface area contributed by atoms with Crippen molar-refractivity contribution in [3.8, 4) is 0 Å². The molecule has 0 fully saturated rings. The number of carbonyl (C=O) groups excluding carboxylic acids is 1. The number of alkyl halides is 1. The molecule has 0 aromatic heterocycles. The van der Waals surface area contributed by atoms with Crippen molar-refractivity contribution in [3.05, 3.63) is 33.8 Å². The van der Waals surface area contributed by atoms with Crippen molar-refractivity contribution in [3.63, 3.8) is 0 Å². The first kappa shape index (κ1) is 14.7. The van der Waals surface area contributed by atoms with Crippen LogP contribution in [0.4, 0.5) is 0 Å². The first-order valence-electron chi connectivity index (χ1n) is 5.19. The third kappa shape index (κ3) is 4.77. The molecule has 94 valence electrons. The molecule has 0 saturated heterocycles. The van der Waals surface area contributed by atoms with Crippen LogP contribution in [-0.4, -0.2) is 31.0 Å². The van der Waals surface area contributed by atoms with Crippen molar-refractivity contribution in [1.29, 1.82) is 0 Å². The van der Waals surface area contributed by atoms with Gasteiger partial charge in [-0.15, -0.1) is 0 Å². The van der Waals surface area contributed by atoms with Gasteiger partial charge < -0.3 is 10.1 Å². The van der Waals surface area contributed by atoms with E-state index in [0.29, 0.717) is 17.5 Å². The van der Waals surface area contributed by atoms with E-state index >= 15 is 0 Å². The number of hydrogen-bond donors (Lipinski definition) is 1. The third-order valence-electron chi connectivity index (χ3n) is 2.19. The summed E-state index contributed by atoms with van der Waals surface area (Å²) in [6, 6.07) is 5.61. The van der Waals surface area contributed by atoms with Gasteiger partial charge in [0.1, 0.15) is 0 Å². The minimum Gasteiger partial charge on any atom is -0.383 e. The van der Waals surface area contributed by atoms with E-state index in [1.807, 2.05) is 19.1 Å². The van der Waals surface area contributed by atoms with E-state index < -0.39 is 0 Å². The van der Waals surface area contributed by atoms with E-state index in [1.54, 1.807) is 13.2 Å². The number of rotatable bonds is 5. The predicted octanol–water partition coefficient (Wildman–Crippen LogP) is 2.90. The second kappa shape index (κ2) is 7.13. The number of halogens is 2. The van der Waals surface area contributed by atoms with Crippen LogP contribution in [-0.2, 0) is 4.74 Å². The molecule has 1 aromatic carbocycles. The molecule has 1 amide bonds. The summed E-state index contributed by atoms with van der Waals surface area (Å²) in [6.45, 7) is 2.45. The first-order chi connectivity index (χ1) is 8.06. The summed E-state index contributed by atoms with van der Waals surface area (Å²) in [7, 11) is 1.62. The van der Waals surface area contributed by atoms with Crippen molar-refractivity contribution in [2.45, 2.75) is 13.0 Å². The highest BCUT2D eigenvalue weighted by atomic mass is 79.9. The predicted molar refractivity (Wildman–Crippen MR) is 75.8 cm³/mol. The van der Waals surface area contributed by atoms with E-state index in [2.05, 4.69) is 37.2 Å². The van der Waals surface area contributed by atoms with Gasteiger partial charge in [-0.25, -0.2) is 0 Å². The van der Waals surface area contributed by atoms with Gasteiger partial charge in [0.2, 0.25) is 0 Å². The fraction of sp³-hybridized carbons (Fsp3) is 0.417. The summed E-state index contributed by atoms with van der Waals surface area (Å²) in [5.74, 6) is -0.0871. The Morgan fingerprint density at radius 2 is 2.18 bits per heavy atom. The minimum atomic E-state index is -0.0871. The Balaban J connectivity index is 2.75. The average molecular weight is 365 g/mol. The fourth-order valence-corrected chi connectivity index (χ4v) is 2.42. The lowest BCUT2D eigenvalue weighted by Crippen LogP contribution is -2.39. The van der Waals surface area contributed by atoms with Crippen molar-refractivity contribution in [1.82, 2.24) is 5.32 Å². The third-order valence-corrected chi connectivity index (χ3v) is 3.43. The maximum atomic E-state index is 12.0. The Morgan fingerprint density at radius 1 is 1.47 bits per heavy atom. The number of ether oxygens (including phenoxy) is 1. The lowest BCUT2D eigenvalue weighted by Gasteiger charge is -2.15. The van der Waals surface area contributed by atoms with Crippen LogP contribution in [0.25, 0.3) is 0 Å². The quantitative estimate of drug-likeness (QED) is 0.816. The van der Waals surface area contributed by atoms with Crippen LogP contribution in [0, 0.1) is 6.92 Å². The lowest BCUT2D eigenvalue weighted by molar-refractivity contribution is 0.0907. The largest absolute Gasteiger partial charge is 0.383 e. The average Bonchev–Trinajstić information content (AvgIpc) is 2.27. The lowest BCUT2D eigenvalue weighted by atomic mass is 10.1. The SMILES string of the molecule is COCC(CBr)NC(=O)c1cc(C)cc(Br)c1. The Bertz CT molecular complexity index is 376. The van der Waals surface area contributed by atoms with Gasteiger partial charge in [-0.1, -0.05) is 31.9 Å². The molecule has 17 heavy (non-hydrogen) atoms. The summed E-state index contributed by atoms with van der Waals surface area (Å²) < 4.78 is 5.93. The number of amides is 1. The summed E-state index contributed by atoms with van der Waals surface area (Å²) in [6.07, 6.45) is 0. The highest BCUT2D eigenvalue weighted by Crippen LogP contribution is 2.15. The second-order valence-electron chi connectivity index (χ2n) is 3.80. The number of carbonyl (C=O) groups is 1. The van der Waals surface area contributed by atoms with Gasteiger partial charge in [0.25, 0.3) is 5.91 Å². The normalized spacial score (nSPS) is 12.2. The van der Waals surface area contributed by atoms with E-state index in [4.69, 9.17) is 4.74 Å². The molecule has 1 atom stereocenters. The smallest absolute Gasteiger partial charge is 0.251 e. The minimum absolute atomic E-state index is 0.0215. The Labute approximate surface area is 118 Å². The number of benzene rings is 1. The fourth-order valence-electron chi connectivity index (χ4n) is 1.46. The van der Waals surface area contributed by atoms with Crippen LogP contribution < -0.4 is 5.32 Å². The van der Waals surface area contributed by atoms with E-state index in [9.17, 15) is 4.79 Å². The zero-order valence-corrected chi connectivity index (χ0v) is 13.0. The summed E-state index contributed by atoms with van der Waals surface area (Å²) in [5, 5.41) is 3.57. The van der Waals surface area contributed by atoms with Crippen molar-refractivity contribution in [2.24, 2.45) is 0 Å². The van der Waals surface area contributed by atoms with E-state index in [1.165, 1.54) is 0 Å². The standard InChI is InChI=1S/C12H15Br2NO2/c1-8-3-9(5-10(14)4-8)12(16)15-11(6-13)7-17-2/h3-5,11H,6-7H2,1-2H3,(H,15,16). The maximum Gasteiger partial charge on any atom is 0.251 e. The van der Waals surface area contributed by atoms with Crippen molar-refractivity contribution < 1.29 is 9.53 Å². The molecule has 0 aliphatic heterocycles. The molecule has 3 nitrogen and oxygen atoms in total. The summed E-state index contributed by atoms with van der Waals surface area (Å²) in [4.78, 5) is 12.0. The molecule has 1 aromatic rings. The Hall–Kier alpha value is -0.390. The molecule has 0 bridgehead atoms. The first-order valence-corrected chi connectivity index (χ1v) is 7.11. The van der Waals surface area contributed by atoms with Crippen LogP contribution in [0.2, 0.25) is 0 Å². The molecular weight excluding hydrogens is 350 g/mol. The Morgan fingerprint density at radius 3 is 2.71 bits per heavy atom. The monoisotopic (exact) mass is 363 g/mol. The molecular formula is C12H15Br2NO2. The van der Waals surface area contributed by atoms with Gasteiger partial charge in [0, 0.05) is 22.5 Å². The zero-order valence-electron chi connectivity index (χ0n) is 9.80. The molecule has 5 heteroatoms. The number of nitrogens with one attached hydrogen (secondary N) is 1. The molecule has 0 heterocycles. The van der Waals surface area contributed by atoms with Crippen LogP contribution in [0.15, 0.2) is 22.7 Å². The van der Waals surface area contributed by atoms with Gasteiger partial charge in [-0.2, -0.15) is 0 Å². The highest BCUT2D eigenvalue weighted by molar-refractivity contribution is 9.10. The highest BCUT2D eigenvalue weighted by Gasteiger charge is 2.13. The van der Waals surface area contributed by atoms with Crippen molar-refractivity contribution >= 4 is 37.8 Å². The second-order valence-corrected chi connectivity index (χ2v) is 5.36. The van der Waals surface area contributed by atoms with Crippen LogP contribution in [0.1, 0.15) is 15.9 Å². The topological polar surface area (TPSA) is 38.3 Å². The summed E-state index contributed by atoms with van der Waals surface area (Å²) in [5.41, 5.74) is 1.70. The summed E-state index contributed by atoms with van der Waals surface area (Å²) >= 11 is 6.72. The Kier molecular flexibility index (Phi) is 6.16.